The Hall–Kier alpha value is -1.50. The molecule has 2 amide bonds. The Morgan fingerprint density at radius 2 is 2.20 bits per heavy atom. The first-order valence-electron chi connectivity index (χ1n) is 6.45. The van der Waals surface area contributed by atoms with Crippen LogP contribution in [0, 0.1) is 0 Å². The van der Waals surface area contributed by atoms with E-state index < -0.39 is 17.9 Å². The van der Waals surface area contributed by atoms with Crippen molar-refractivity contribution < 1.29 is 19.5 Å². The van der Waals surface area contributed by atoms with Crippen molar-refractivity contribution in [2.24, 2.45) is 0 Å². The zero-order valence-corrected chi connectivity index (χ0v) is 12.5. The molecule has 0 heterocycles. The van der Waals surface area contributed by atoms with Crippen LogP contribution in [0.4, 0.5) is 0 Å². The normalized spacial score (nSPS) is 15.4. The summed E-state index contributed by atoms with van der Waals surface area (Å²) in [6, 6.07) is -0.957. The summed E-state index contributed by atoms with van der Waals surface area (Å²) in [6.45, 7) is 1.27. The largest absolute Gasteiger partial charge is 0.480 e. The van der Waals surface area contributed by atoms with Crippen LogP contribution in [0.2, 0.25) is 0 Å². The van der Waals surface area contributed by atoms with Crippen molar-refractivity contribution in [1.29, 1.82) is 0 Å². The van der Waals surface area contributed by atoms with Crippen LogP contribution in [-0.4, -0.2) is 52.4 Å². The molecule has 2 N–H and O–H groups in total. The van der Waals surface area contributed by atoms with E-state index in [1.54, 1.807) is 11.9 Å². The maximum atomic E-state index is 11.9. The summed E-state index contributed by atoms with van der Waals surface area (Å²) in [5.74, 6) is -1.15. The molecule has 0 saturated heterocycles. The first kappa shape index (κ1) is 16.6. The molecule has 0 bridgehead atoms. The van der Waals surface area contributed by atoms with Gasteiger partial charge in [0.2, 0.25) is 11.8 Å². The van der Waals surface area contributed by atoms with E-state index in [1.165, 1.54) is 18.7 Å². The molecule has 20 heavy (non-hydrogen) atoms. The Balaban J connectivity index is 2.36. The van der Waals surface area contributed by atoms with Gasteiger partial charge in [0.15, 0.2) is 0 Å². The van der Waals surface area contributed by atoms with E-state index in [4.69, 9.17) is 5.11 Å². The summed E-state index contributed by atoms with van der Waals surface area (Å²) in [4.78, 5) is 35.4. The van der Waals surface area contributed by atoms with E-state index in [1.807, 2.05) is 0 Å². The van der Waals surface area contributed by atoms with Gasteiger partial charge < -0.3 is 15.3 Å². The fraction of sp³-hybridized carbons (Fsp3) is 0.615. The highest BCUT2D eigenvalue weighted by Gasteiger charge is 2.20. The van der Waals surface area contributed by atoms with Crippen molar-refractivity contribution in [3.63, 3.8) is 0 Å². The molecular formula is C13H20N2O4S. The molecular weight excluding hydrogens is 280 g/mol. The highest BCUT2D eigenvalue weighted by molar-refractivity contribution is 8.00. The fourth-order valence-corrected chi connectivity index (χ4v) is 2.85. The summed E-state index contributed by atoms with van der Waals surface area (Å²) in [7, 11) is 1.74. The molecule has 1 atom stereocenters. The number of nitrogens with one attached hydrogen (secondary N) is 1. The molecule has 0 aromatic rings. The number of thioether (sulfide) groups is 1. The van der Waals surface area contributed by atoms with Crippen molar-refractivity contribution in [3.05, 3.63) is 11.8 Å². The summed E-state index contributed by atoms with van der Waals surface area (Å²) in [5.41, 5.74) is 1.03. The predicted octanol–water partition coefficient (Wildman–Crippen LogP) is 0.835. The fourth-order valence-electron chi connectivity index (χ4n) is 1.90. The number of carbonyl (C=O) groups is 3. The van der Waals surface area contributed by atoms with E-state index in [-0.39, 0.29) is 17.4 Å². The van der Waals surface area contributed by atoms with Crippen LogP contribution < -0.4 is 5.32 Å². The maximum Gasteiger partial charge on any atom is 0.327 e. The summed E-state index contributed by atoms with van der Waals surface area (Å²) in [5, 5.41) is 11.3. The third-order valence-electron chi connectivity index (χ3n) is 3.01. The average molecular weight is 300 g/mol. The topological polar surface area (TPSA) is 86.7 Å². The molecule has 1 unspecified atom stereocenters. The highest BCUT2D eigenvalue weighted by Crippen LogP contribution is 2.21. The van der Waals surface area contributed by atoms with Crippen LogP contribution in [0.1, 0.15) is 26.2 Å². The molecule has 1 aliphatic carbocycles. The minimum Gasteiger partial charge on any atom is -0.480 e. The Kier molecular flexibility index (Phi) is 6.57. The van der Waals surface area contributed by atoms with Crippen LogP contribution in [0.3, 0.4) is 0 Å². The van der Waals surface area contributed by atoms with Gasteiger partial charge in [-0.3, -0.25) is 9.59 Å². The van der Waals surface area contributed by atoms with Crippen molar-refractivity contribution in [2.45, 2.75) is 32.2 Å². The molecule has 6 nitrogen and oxygen atoms in total. The number of carboxylic acid groups (broad SMARTS) is 1. The smallest absolute Gasteiger partial charge is 0.327 e. The second-order valence-electron chi connectivity index (χ2n) is 4.65. The number of allylic oxidation sites excluding steroid dienone is 2. The van der Waals surface area contributed by atoms with Crippen molar-refractivity contribution >= 4 is 29.5 Å². The summed E-state index contributed by atoms with van der Waals surface area (Å²) in [6.07, 6.45) is 5.05. The first-order valence-corrected chi connectivity index (χ1v) is 7.60. The molecule has 0 aromatic carbocycles. The van der Waals surface area contributed by atoms with Gasteiger partial charge in [-0.1, -0.05) is 6.08 Å². The summed E-state index contributed by atoms with van der Waals surface area (Å²) >= 11 is 1.21. The van der Waals surface area contributed by atoms with Crippen molar-refractivity contribution in [3.8, 4) is 0 Å². The number of carboxylic acids is 1. The predicted molar refractivity (Wildman–Crippen MR) is 77.3 cm³/mol. The Morgan fingerprint density at radius 3 is 2.70 bits per heavy atom. The quantitative estimate of drug-likeness (QED) is 0.727. The lowest BCUT2D eigenvalue weighted by Crippen LogP contribution is -2.41. The zero-order valence-electron chi connectivity index (χ0n) is 11.7. The van der Waals surface area contributed by atoms with Crippen molar-refractivity contribution in [2.75, 3.05) is 18.6 Å². The second kappa shape index (κ2) is 7.94. The zero-order chi connectivity index (χ0) is 15.1. The second-order valence-corrected chi connectivity index (χ2v) is 5.68. The lowest BCUT2D eigenvalue weighted by molar-refractivity contribution is -0.140. The Bertz CT molecular complexity index is 423. The van der Waals surface area contributed by atoms with Crippen LogP contribution in [-0.2, 0) is 14.4 Å². The minimum atomic E-state index is -1.09. The van der Waals surface area contributed by atoms with Gasteiger partial charge >= 0.3 is 5.97 Å². The number of hydrogen-bond donors (Lipinski definition) is 2. The van der Waals surface area contributed by atoms with Gasteiger partial charge in [-0.2, -0.15) is 0 Å². The van der Waals surface area contributed by atoms with Crippen molar-refractivity contribution in [1.82, 2.24) is 10.2 Å². The first-order chi connectivity index (χ1) is 9.41. The third kappa shape index (κ3) is 5.24. The molecule has 7 heteroatoms. The van der Waals surface area contributed by atoms with Crippen LogP contribution in [0.5, 0.6) is 0 Å². The number of hydrogen-bond acceptors (Lipinski definition) is 4. The van der Waals surface area contributed by atoms with Gasteiger partial charge in [-0.05, 0) is 19.3 Å². The molecule has 0 aliphatic heterocycles. The van der Waals surface area contributed by atoms with E-state index in [0.29, 0.717) is 0 Å². The standard InChI is InChI=1S/C13H20N2O4S/c1-9(16)14-11(13(18)19)7-20-8-12(17)15(2)10-5-3-4-6-10/h5,11H,3-4,6-8H2,1-2H3,(H,14,16)(H,18,19). The van der Waals surface area contributed by atoms with Gasteiger partial charge in [0.25, 0.3) is 0 Å². The van der Waals surface area contributed by atoms with E-state index in [2.05, 4.69) is 11.4 Å². The van der Waals surface area contributed by atoms with Crippen LogP contribution >= 0.6 is 11.8 Å². The molecule has 1 aliphatic rings. The average Bonchev–Trinajstić information content (AvgIpc) is 2.89. The van der Waals surface area contributed by atoms with Crippen LogP contribution in [0.15, 0.2) is 11.8 Å². The molecule has 1 rings (SSSR count). The number of rotatable bonds is 7. The molecule has 0 saturated carbocycles. The van der Waals surface area contributed by atoms with E-state index >= 15 is 0 Å². The molecule has 0 aromatic heterocycles. The number of aliphatic carboxylic acids is 1. The monoisotopic (exact) mass is 300 g/mol. The summed E-state index contributed by atoms with van der Waals surface area (Å²) < 4.78 is 0. The third-order valence-corrected chi connectivity index (χ3v) is 4.03. The lowest BCUT2D eigenvalue weighted by Gasteiger charge is -2.19. The SMILES string of the molecule is CC(=O)NC(CSCC(=O)N(C)C1=CCCC1)C(=O)O. The number of carbonyl (C=O) groups excluding carboxylic acids is 2. The Morgan fingerprint density at radius 1 is 1.50 bits per heavy atom. The Labute approximate surface area is 122 Å². The van der Waals surface area contributed by atoms with E-state index in [9.17, 15) is 14.4 Å². The number of nitrogens with zero attached hydrogens (tertiary/aromatic N) is 1. The molecule has 112 valence electrons. The van der Waals surface area contributed by atoms with Gasteiger partial charge in [0.1, 0.15) is 6.04 Å². The highest BCUT2D eigenvalue weighted by atomic mass is 32.2. The van der Waals surface area contributed by atoms with Crippen LogP contribution in [0.25, 0.3) is 0 Å². The van der Waals surface area contributed by atoms with Gasteiger partial charge in [-0.25, -0.2) is 4.79 Å². The van der Waals surface area contributed by atoms with Gasteiger partial charge in [0, 0.05) is 25.4 Å². The lowest BCUT2D eigenvalue weighted by atomic mass is 10.3. The van der Waals surface area contributed by atoms with E-state index in [0.717, 1.165) is 25.0 Å². The van der Waals surface area contributed by atoms with Gasteiger partial charge in [0.05, 0.1) is 5.75 Å². The molecule has 0 spiro atoms. The minimum absolute atomic E-state index is 0.0462. The molecule has 0 radical (unpaired) electrons. The molecule has 0 fully saturated rings. The maximum absolute atomic E-state index is 11.9. The van der Waals surface area contributed by atoms with Gasteiger partial charge in [-0.15, -0.1) is 11.8 Å². The number of amides is 2.